The fourth-order valence-corrected chi connectivity index (χ4v) is 3.35. The average molecular weight is 322 g/mol. The Balaban J connectivity index is 1.80. The Kier molecular flexibility index (Phi) is 3.52. The van der Waals surface area contributed by atoms with E-state index in [9.17, 15) is 0 Å². The minimum atomic E-state index is -0.805. The smallest absolute Gasteiger partial charge is 0.223 e. The molecule has 3 heteroatoms. The average Bonchev–Trinajstić information content (AvgIpc) is 2.93. The van der Waals surface area contributed by atoms with Gasteiger partial charge in [0.05, 0.1) is 20.3 Å². The van der Waals surface area contributed by atoms with Crippen LogP contribution in [0.3, 0.4) is 0 Å². The first-order valence-corrected chi connectivity index (χ1v) is 8.28. The molecule has 0 atom stereocenters. The van der Waals surface area contributed by atoms with Crippen LogP contribution < -0.4 is 4.74 Å². The second-order valence-corrected chi connectivity index (χ2v) is 7.23. The Morgan fingerprint density at radius 2 is 1.58 bits per heavy atom. The highest BCUT2D eigenvalue weighted by Crippen LogP contribution is 2.51. The van der Waals surface area contributed by atoms with Crippen LogP contribution in [0.2, 0.25) is 0 Å². The van der Waals surface area contributed by atoms with Crippen molar-refractivity contribution in [1.82, 2.24) is 0 Å². The summed E-state index contributed by atoms with van der Waals surface area (Å²) in [6, 6.07) is 16.4. The molecule has 2 aromatic rings. The molecule has 1 saturated heterocycles. The van der Waals surface area contributed by atoms with Gasteiger partial charge in [-0.2, -0.15) is 0 Å². The van der Waals surface area contributed by atoms with Crippen molar-refractivity contribution in [3.63, 3.8) is 0 Å². The molecule has 1 heterocycles. The molecule has 124 valence electrons. The van der Waals surface area contributed by atoms with E-state index < -0.39 is 5.79 Å². The van der Waals surface area contributed by atoms with Crippen molar-refractivity contribution in [2.24, 2.45) is 5.41 Å². The van der Waals surface area contributed by atoms with Crippen LogP contribution in [0.4, 0.5) is 0 Å². The summed E-state index contributed by atoms with van der Waals surface area (Å²) in [4.78, 5) is 0. The summed E-state index contributed by atoms with van der Waals surface area (Å²) in [5.41, 5.74) is 4.41. The fraction of sp³-hybridized carbons (Fsp3) is 0.333. The zero-order chi connectivity index (χ0) is 16.8. The highest BCUT2D eigenvalue weighted by Gasteiger charge is 2.49. The molecule has 24 heavy (non-hydrogen) atoms. The largest absolute Gasteiger partial charge is 0.497 e. The van der Waals surface area contributed by atoms with E-state index in [2.05, 4.69) is 44.2 Å². The van der Waals surface area contributed by atoms with E-state index in [1.807, 2.05) is 24.3 Å². The van der Waals surface area contributed by atoms with E-state index in [0.717, 1.165) is 28.0 Å². The van der Waals surface area contributed by atoms with Crippen molar-refractivity contribution in [3.8, 4) is 5.75 Å². The molecule has 4 rings (SSSR count). The minimum absolute atomic E-state index is 0.0216. The normalized spacial score (nSPS) is 20.5. The molecule has 0 amide bonds. The zero-order valence-electron chi connectivity index (χ0n) is 14.3. The predicted molar refractivity (Wildman–Crippen MR) is 94.7 cm³/mol. The van der Waals surface area contributed by atoms with Crippen molar-refractivity contribution in [2.75, 3.05) is 20.3 Å². The summed E-state index contributed by atoms with van der Waals surface area (Å²) in [5.74, 6) is 0.0382. The summed E-state index contributed by atoms with van der Waals surface area (Å²) in [6.45, 7) is 5.65. The number of methoxy groups -OCH3 is 1. The molecule has 0 aromatic heterocycles. The van der Waals surface area contributed by atoms with Crippen LogP contribution in [0.15, 0.2) is 48.5 Å². The van der Waals surface area contributed by atoms with Crippen molar-refractivity contribution in [2.45, 2.75) is 19.6 Å². The van der Waals surface area contributed by atoms with Gasteiger partial charge in [-0.3, -0.25) is 0 Å². The number of fused-ring (bicyclic) bond motifs is 2. The van der Waals surface area contributed by atoms with Gasteiger partial charge in [-0.1, -0.05) is 50.2 Å². The number of ether oxygens (including phenoxy) is 3. The van der Waals surface area contributed by atoms with Gasteiger partial charge in [0.25, 0.3) is 0 Å². The molecule has 1 spiro atoms. The summed E-state index contributed by atoms with van der Waals surface area (Å²) >= 11 is 0. The fourth-order valence-electron chi connectivity index (χ4n) is 3.35. The second-order valence-electron chi connectivity index (χ2n) is 7.23. The lowest BCUT2D eigenvalue weighted by Gasteiger charge is -2.43. The van der Waals surface area contributed by atoms with Gasteiger partial charge in [-0.05, 0) is 29.3 Å². The van der Waals surface area contributed by atoms with Crippen LogP contribution in [0.5, 0.6) is 5.75 Å². The molecule has 0 radical (unpaired) electrons. The SMILES string of the molecule is COc1ccc(C2=Cc3ccccc3C23OCC(C)(C)CO3)cc1. The lowest BCUT2D eigenvalue weighted by atomic mass is 9.90. The van der Waals surface area contributed by atoms with Crippen molar-refractivity contribution in [3.05, 3.63) is 65.2 Å². The van der Waals surface area contributed by atoms with Crippen molar-refractivity contribution >= 4 is 11.6 Å². The molecule has 3 nitrogen and oxygen atoms in total. The van der Waals surface area contributed by atoms with E-state index in [4.69, 9.17) is 14.2 Å². The van der Waals surface area contributed by atoms with E-state index in [0.29, 0.717) is 13.2 Å². The molecule has 0 bridgehead atoms. The zero-order valence-corrected chi connectivity index (χ0v) is 14.3. The molecule has 1 aliphatic heterocycles. The lowest BCUT2D eigenvalue weighted by molar-refractivity contribution is -0.272. The van der Waals surface area contributed by atoms with Gasteiger partial charge in [0.1, 0.15) is 5.75 Å². The predicted octanol–water partition coefficient (Wildman–Crippen LogP) is 4.48. The van der Waals surface area contributed by atoms with Gasteiger partial charge in [0.2, 0.25) is 5.79 Å². The second kappa shape index (κ2) is 5.47. The van der Waals surface area contributed by atoms with E-state index >= 15 is 0 Å². The number of benzene rings is 2. The van der Waals surface area contributed by atoms with Crippen LogP contribution in [0.1, 0.15) is 30.5 Å². The van der Waals surface area contributed by atoms with Crippen LogP contribution in [0, 0.1) is 5.41 Å². The molecule has 0 unspecified atom stereocenters. The summed E-state index contributed by atoms with van der Waals surface area (Å²) in [6.07, 6.45) is 2.18. The van der Waals surface area contributed by atoms with Crippen molar-refractivity contribution in [1.29, 1.82) is 0 Å². The van der Waals surface area contributed by atoms with E-state index in [1.165, 1.54) is 0 Å². The van der Waals surface area contributed by atoms with Gasteiger partial charge in [-0.25, -0.2) is 0 Å². The van der Waals surface area contributed by atoms with Gasteiger partial charge >= 0.3 is 0 Å². The topological polar surface area (TPSA) is 27.7 Å². The van der Waals surface area contributed by atoms with Crippen LogP contribution >= 0.6 is 0 Å². The number of hydrogen-bond acceptors (Lipinski definition) is 3. The molecular formula is C21H22O3. The summed E-state index contributed by atoms with van der Waals surface area (Å²) < 4.78 is 18.0. The van der Waals surface area contributed by atoms with Crippen LogP contribution in [-0.4, -0.2) is 20.3 Å². The summed E-state index contributed by atoms with van der Waals surface area (Å²) in [7, 11) is 1.68. The molecular weight excluding hydrogens is 300 g/mol. The third-order valence-electron chi connectivity index (χ3n) is 4.70. The third-order valence-corrected chi connectivity index (χ3v) is 4.70. The quantitative estimate of drug-likeness (QED) is 0.816. The molecule has 0 N–H and O–H groups in total. The van der Waals surface area contributed by atoms with E-state index in [1.54, 1.807) is 7.11 Å². The molecule has 1 aliphatic carbocycles. The molecule has 2 aliphatic rings. The highest BCUT2D eigenvalue weighted by molar-refractivity contribution is 5.92. The lowest BCUT2D eigenvalue weighted by Crippen LogP contribution is -2.45. The maximum atomic E-state index is 6.37. The number of rotatable bonds is 2. The Hall–Kier alpha value is -2.10. The maximum absolute atomic E-state index is 6.37. The Morgan fingerprint density at radius 1 is 0.917 bits per heavy atom. The molecule has 1 fully saturated rings. The summed E-state index contributed by atoms with van der Waals surface area (Å²) in [5, 5.41) is 0. The first-order valence-electron chi connectivity index (χ1n) is 8.28. The van der Waals surface area contributed by atoms with Crippen LogP contribution in [-0.2, 0) is 15.3 Å². The Bertz CT molecular complexity index is 777. The Morgan fingerprint density at radius 3 is 2.25 bits per heavy atom. The first-order chi connectivity index (χ1) is 11.5. The van der Waals surface area contributed by atoms with Gasteiger partial charge in [-0.15, -0.1) is 0 Å². The molecule has 0 saturated carbocycles. The number of hydrogen-bond donors (Lipinski definition) is 0. The molecule has 2 aromatic carbocycles. The Labute approximate surface area is 142 Å². The minimum Gasteiger partial charge on any atom is -0.497 e. The van der Waals surface area contributed by atoms with Gasteiger partial charge in [0.15, 0.2) is 0 Å². The maximum Gasteiger partial charge on any atom is 0.223 e. The monoisotopic (exact) mass is 322 g/mol. The van der Waals surface area contributed by atoms with Gasteiger partial charge < -0.3 is 14.2 Å². The van der Waals surface area contributed by atoms with Gasteiger partial charge in [0, 0.05) is 16.6 Å². The van der Waals surface area contributed by atoms with Crippen LogP contribution in [0.25, 0.3) is 11.6 Å². The third kappa shape index (κ3) is 2.36. The first kappa shape index (κ1) is 15.4. The van der Waals surface area contributed by atoms with E-state index in [-0.39, 0.29) is 5.41 Å². The van der Waals surface area contributed by atoms with Crippen molar-refractivity contribution < 1.29 is 14.2 Å². The highest BCUT2D eigenvalue weighted by atomic mass is 16.7. The standard InChI is InChI=1S/C21H22O3/c1-20(2)13-23-21(24-14-20)18-7-5-4-6-16(18)12-19(21)15-8-10-17(22-3)11-9-15/h4-12H,13-14H2,1-3H3.